The third-order valence-electron chi connectivity index (χ3n) is 4.95. The van der Waals surface area contributed by atoms with Crippen LogP contribution < -0.4 is 10.1 Å². The molecule has 29 heavy (non-hydrogen) atoms. The number of hydrogen-bond acceptors (Lipinski definition) is 8. The van der Waals surface area contributed by atoms with Crippen LogP contribution in [0.15, 0.2) is 47.8 Å². The van der Waals surface area contributed by atoms with Crippen molar-refractivity contribution in [2.24, 2.45) is 5.41 Å². The van der Waals surface area contributed by atoms with E-state index in [4.69, 9.17) is 4.74 Å². The van der Waals surface area contributed by atoms with Crippen LogP contribution in [-0.4, -0.2) is 66.1 Å². The SMILES string of the molecule is CS(=O)(=O)c1ccc(OCC2(CNC(=O)c3cnccn3)C[C@@H](O)[C@@H](O)C2)cc1. The van der Waals surface area contributed by atoms with Gasteiger partial charge in [-0.1, -0.05) is 0 Å². The van der Waals surface area contributed by atoms with E-state index >= 15 is 0 Å². The number of carbonyl (C=O) groups is 1. The van der Waals surface area contributed by atoms with E-state index < -0.39 is 33.4 Å². The summed E-state index contributed by atoms with van der Waals surface area (Å²) < 4.78 is 28.9. The number of amides is 1. The molecule has 1 aromatic heterocycles. The van der Waals surface area contributed by atoms with E-state index in [1.165, 1.54) is 30.7 Å². The summed E-state index contributed by atoms with van der Waals surface area (Å²) in [7, 11) is -3.30. The van der Waals surface area contributed by atoms with Gasteiger partial charge < -0.3 is 20.3 Å². The van der Waals surface area contributed by atoms with Gasteiger partial charge in [0.1, 0.15) is 11.4 Å². The van der Waals surface area contributed by atoms with E-state index in [0.29, 0.717) is 5.75 Å². The summed E-state index contributed by atoms with van der Waals surface area (Å²) in [6, 6.07) is 5.99. The number of sulfone groups is 1. The van der Waals surface area contributed by atoms with Gasteiger partial charge in [0.2, 0.25) is 0 Å². The van der Waals surface area contributed by atoms with Gasteiger partial charge in [-0.05, 0) is 37.1 Å². The Hall–Kier alpha value is -2.56. The number of aromatic nitrogens is 2. The third kappa shape index (κ3) is 5.28. The minimum atomic E-state index is -3.30. The normalized spacial score (nSPS) is 24.2. The summed E-state index contributed by atoms with van der Waals surface area (Å²) >= 11 is 0. The molecule has 0 radical (unpaired) electrons. The lowest BCUT2D eigenvalue weighted by molar-refractivity contribution is 0.0438. The Morgan fingerprint density at radius 3 is 2.41 bits per heavy atom. The monoisotopic (exact) mass is 421 g/mol. The molecular weight excluding hydrogens is 398 g/mol. The molecule has 1 fully saturated rings. The molecule has 1 aliphatic rings. The van der Waals surface area contributed by atoms with Crippen molar-refractivity contribution in [3.63, 3.8) is 0 Å². The maximum Gasteiger partial charge on any atom is 0.271 e. The summed E-state index contributed by atoms with van der Waals surface area (Å²) in [6.07, 6.45) is 4.01. The highest BCUT2D eigenvalue weighted by Crippen LogP contribution is 2.38. The molecule has 1 aliphatic carbocycles. The molecule has 0 bridgehead atoms. The predicted molar refractivity (Wildman–Crippen MR) is 103 cm³/mol. The van der Waals surface area contributed by atoms with Crippen LogP contribution in [0.25, 0.3) is 0 Å². The first-order valence-electron chi connectivity index (χ1n) is 9.02. The minimum absolute atomic E-state index is 0.125. The van der Waals surface area contributed by atoms with Gasteiger partial charge in [0, 0.05) is 30.6 Å². The minimum Gasteiger partial charge on any atom is -0.493 e. The smallest absolute Gasteiger partial charge is 0.271 e. The van der Waals surface area contributed by atoms with Crippen LogP contribution in [-0.2, 0) is 9.84 Å². The van der Waals surface area contributed by atoms with E-state index in [-0.39, 0.29) is 36.6 Å². The second kappa shape index (κ2) is 8.44. The van der Waals surface area contributed by atoms with Crippen LogP contribution in [0.5, 0.6) is 5.75 Å². The van der Waals surface area contributed by atoms with Gasteiger partial charge in [0.15, 0.2) is 9.84 Å². The predicted octanol–water partition coefficient (Wildman–Crippen LogP) is 0.191. The number of carbonyl (C=O) groups excluding carboxylic acids is 1. The fraction of sp³-hybridized carbons (Fsp3) is 0.421. The number of rotatable bonds is 7. The number of benzene rings is 1. The van der Waals surface area contributed by atoms with Gasteiger partial charge in [0.25, 0.3) is 5.91 Å². The lowest BCUT2D eigenvalue weighted by Gasteiger charge is -2.29. The Labute approximate surface area is 168 Å². The first-order chi connectivity index (χ1) is 13.7. The van der Waals surface area contributed by atoms with Crippen LogP contribution in [0.4, 0.5) is 0 Å². The third-order valence-corrected chi connectivity index (χ3v) is 6.07. The van der Waals surface area contributed by atoms with Crippen LogP contribution in [0, 0.1) is 5.41 Å². The van der Waals surface area contributed by atoms with Crippen molar-refractivity contribution < 1.29 is 28.2 Å². The van der Waals surface area contributed by atoms with Gasteiger partial charge in [0.05, 0.1) is 29.9 Å². The van der Waals surface area contributed by atoms with Crippen molar-refractivity contribution in [2.75, 3.05) is 19.4 Å². The second-order valence-corrected chi connectivity index (χ2v) is 9.36. The summed E-state index contributed by atoms with van der Waals surface area (Å²) in [6.45, 7) is 0.290. The van der Waals surface area contributed by atoms with Crippen molar-refractivity contribution >= 4 is 15.7 Å². The van der Waals surface area contributed by atoms with Crippen LogP contribution in [0.2, 0.25) is 0 Å². The summed E-state index contributed by atoms with van der Waals surface area (Å²) in [4.78, 5) is 20.3. The van der Waals surface area contributed by atoms with Crippen molar-refractivity contribution in [1.82, 2.24) is 15.3 Å². The number of aliphatic hydroxyl groups is 2. The molecule has 10 heteroatoms. The number of aliphatic hydroxyl groups excluding tert-OH is 2. The molecule has 0 saturated heterocycles. The van der Waals surface area contributed by atoms with Crippen LogP contribution in [0.1, 0.15) is 23.3 Å². The highest BCUT2D eigenvalue weighted by atomic mass is 32.2. The lowest BCUT2D eigenvalue weighted by Crippen LogP contribution is -2.40. The van der Waals surface area contributed by atoms with Crippen LogP contribution in [0.3, 0.4) is 0 Å². The average Bonchev–Trinajstić information content (AvgIpc) is 2.99. The zero-order chi connectivity index (χ0) is 21.1. The Balaban J connectivity index is 1.68. The maximum absolute atomic E-state index is 12.3. The molecule has 3 N–H and O–H groups in total. The van der Waals surface area contributed by atoms with Gasteiger partial charge >= 0.3 is 0 Å². The first kappa shape index (κ1) is 21.2. The van der Waals surface area contributed by atoms with Gasteiger partial charge in [-0.15, -0.1) is 0 Å². The molecule has 1 unspecified atom stereocenters. The van der Waals surface area contributed by atoms with Crippen molar-refractivity contribution in [1.29, 1.82) is 0 Å². The largest absolute Gasteiger partial charge is 0.493 e. The highest BCUT2D eigenvalue weighted by molar-refractivity contribution is 7.90. The Kier molecular flexibility index (Phi) is 6.15. The maximum atomic E-state index is 12.3. The molecule has 1 amide bonds. The molecule has 9 nitrogen and oxygen atoms in total. The van der Waals surface area contributed by atoms with Gasteiger partial charge in [-0.3, -0.25) is 9.78 Å². The molecule has 3 rings (SSSR count). The zero-order valence-corrected chi connectivity index (χ0v) is 16.7. The number of hydrogen-bond donors (Lipinski definition) is 3. The van der Waals surface area contributed by atoms with Crippen molar-refractivity contribution in [3.05, 3.63) is 48.5 Å². The zero-order valence-electron chi connectivity index (χ0n) is 15.9. The fourth-order valence-corrected chi connectivity index (χ4v) is 3.98. The quantitative estimate of drug-likeness (QED) is 0.576. The molecule has 0 spiro atoms. The molecule has 1 aromatic carbocycles. The first-order valence-corrected chi connectivity index (χ1v) is 10.9. The van der Waals surface area contributed by atoms with E-state index in [1.807, 2.05) is 0 Å². The lowest BCUT2D eigenvalue weighted by atomic mass is 9.86. The van der Waals surface area contributed by atoms with E-state index in [9.17, 15) is 23.4 Å². The summed E-state index contributed by atoms with van der Waals surface area (Å²) in [5, 5.41) is 22.8. The van der Waals surface area contributed by atoms with Gasteiger partial charge in [-0.25, -0.2) is 13.4 Å². The van der Waals surface area contributed by atoms with E-state index in [1.54, 1.807) is 12.1 Å². The number of ether oxygens (including phenoxy) is 1. The Morgan fingerprint density at radius 1 is 1.21 bits per heavy atom. The van der Waals surface area contributed by atoms with Crippen LogP contribution >= 0.6 is 0 Å². The molecule has 2 aromatic rings. The number of nitrogens with zero attached hydrogens (tertiary/aromatic N) is 2. The number of nitrogens with one attached hydrogen (secondary N) is 1. The fourth-order valence-electron chi connectivity index (χ4n) is 3.35. The topological polar surface area (TPSA) is 139 Å². The standard InChI is InChI=1S/C19H23N3O6S/c1-29(26,27)14-4-2-13(3-5-14)28-12-19(8-16(23)17(24)9-19)11-22-18(25)15-10-20-6-7-21-15/h2-7,10,16-17,23-24H,8-9,11-12H2,1H3,(H,22,25)/t16-,17+,19?. The molecule has 1 saturated carbocycles. The molecule has 0 aliphatic heterocycles. The van der Waals surface area contributed by atoms with Crippen molar-refractivity contribution in [3.8, 4) is 5.75 Å². The summed E-state index contributed by atoms with van der Waals surface area (Å²) in [5.41, 5.74) is -0.523. The highest BCUT2D eigenvalue weighted by Gasteiger charge is 2.45. The Morgan fingerprint density at radius 2 is 1.86 bits per heavy atom. The molecular formula is C19H23N3O6S. The Bertz CT molecular complexity index is 940. The average molecular weight is 421 g/mol. The second-order valence-electron chi connectivity index (χ2n) is 7.35. The summed E-state index contributed by atoms with van der Waals surface area (Å²) in [5.74, 6) is 0.0405. The van der Waals surface area contributed by atoms with Crippen molar-refractivity contribution in [2.45, 2.75) is 29.9 Å². The van der Waals surface area contributed by atoms with E-state index in [0.717, 1.165) is 6.26 Å². The molecule has 1 heterocycles. The van der Waals surface area contributed by atoms with Gasteiger partial charge in [-0.2, -0.15) is 0 Å². The molecule has 3 atom stereocenters. The molecule has 156 valence electrons. The van der Waals surface area contributed by atoms with E-state index in [2.05, 4.69) is 15.3 Å².